The number of rotatable bonds is 7. The van der Waals surface area contributed by atoms with Gasteiger partial charge in [-0.2, -0.15) is 0 Å². The molecule has 2 aromatic rings. The van der Waals surface area contributed by atoms with Crippen LogP contribution in [0.2, 0.25) is 0 Å². The van der Waals surface area contributed by atoms with Crippen molar-refractivity contribution in [2.24, 2.45) is 0 Å². The van der Waals surface area contributed by atoms with Gasteiger partial charge in [0.1, 0.15) is 6.42 Å². The number of hydrogen-bond acceptors (Lipinski definition) is 3. The van der Waals surface area contributed by atoms with E-state index in [-0.39, 0.29) is 18.2 Å². The van der Waals surface area contributed by atoms with Crippen LogP contribution < -0.4 is 15.5 Å². The molecule has 0 saturated heterocycles. The van der Waals surface area contributed by atoms with Gasteiger partial charge < -0.3 is 15.5 Å². The van der Waals surface area contributed by atoms with Gasteiger partial charge in [0.2, 0.25) is 11.8 Å². The summed E-state index contributed by atoms with van der Waals surface area (Å²) in [5.74, 6) is -0.653. The van der Waals surface area contributed by atoms with E-state index in [9.17, 15) is 9.59 Å². The quantitative estimate of drug-likeness (QED) is 0.736. The molecule has 2 amide bonds. The Bertz CT molecular complexity index is 783. The van der Waals surface area contributed by atoms with Gasteiger partial charge in [0, 0.05) is 30.2 Å². The highest BCUT2D eigenvalue weighted by atomic mass is 16.2. The third-order valence-corrected chi connectivity index (χ3v) is 4.24. The van der Waals surface area contributed by atoms with Crippen molar-refractivity contribution < 1.29 is 9.59 Å². The van der Waals surface area contributed by atoms with E-state index < -0.39 is 0 Å². The van der Waals surface area contributed by atoms with Crippen molar-refractivity contribution in [2.45, 2.75) is 34.1 Å². The summed E-state index contributed by atoms with van der Waals surface area (Å²) in [6, 6.07) is 13.4. The van der Waals surface area contributed by atoms with Crippen LogP contribution in [0.1, 0.15) is 31.4 Å². The highest BCUT2D eigenvalue weighted by Gasteiger charge is 2.12. The molecule has 0 aromatic heterocycles. The Labute approximate surface area is 155 Å². The third-order valence-electron chi connectivity index (χ3n) is 4.24. The standard InChI is InChI=1S/C21H27N3O2/c1-5-24(6-2)18-10-11-19(16(4)13-18)23-21(26)14-20(25)22-17-9-7-8-15(3)12-17/h7-13H,5-6,14H2,1-4H3,(H,22,25)(H,23,26). The van der Waals surface area contributed by atoms with Crippen LogP contribution in [0.4, 0.5) is 17.1 Å². The zero-order valence-electron chi connectivity index (χ0n) is 15.9. The van der Waals surface area contributed by atoms with Gasteiger partial charge in [-0.1, -0.05) is 12.1 Å². The number of nitrogens with one attached hydrogen (secondary N) is 2. The number of nitrogens with zero attached hydrogens (tertiary/aromatic N) is 1. The molecule has 0 aliphatic carbocycles. The molecule has 0 saturated carbocycles. The maximum atomic E-state index is 12.2. The molecular weight excluding hydrogens is 326 g/mol. The molecule has 0 heterocycles. The van der Waals surface area contributed by atoms with E-state index in [1.54, 1.807) is 6.07 Å². The van der Waals surface area contributed by atoms with E-state index >= 15 is 0 Å². The lowest BCUT2D eigenvalue weighted by Gasteiger charge is -2.22. The summed E-state index contributed by atoms with van der Waals surface area (Å²) in [5.41, 5.74) is 4.58. The molecule has 0 unspecified atom stereocenters. The van der Waals surface area contributed by atoms with Crippen molar-refractivity contribution in [1.29, 1.82) is 0 Å². The van der Waals surface area contributed by atoms with Crippen molar-refractivity contribution in [1.82, 2.24) is 0 Å². The Morgan fingerprint density at radius 1 is 0.923 bits per heavy atom. The second kappa shape index (κ2) is 9.04. The second-order valence-corrected chi connectivity index (χ2v) is 6.31. The molecule has 0 spiro atoms. The van der Waals surface area contributed by atoms with Crippen LogP contribution in [0.15, 0.2) is 42.5 Å². The summed E-state index contributed by atoms with van der Waals surface area (Å²) in [6.07, 6.45) is -0.217. The van der Waals surface area contributed by atoms with Crippen LogP contribution in [0, 0.1) is 13.8 Å². The number of anilines is 3. The molecule has 2 aromatic carbocycles. The molecule has 138 valence electrons. The topological polar surface area (TPSA) is 61.4 Å². The van der Waals surface area contributed by atoms with E-state index in [4.69, 9.17) is 0 Å². The number of benzene rings is 2. The molecule has 26 heavy (non-hydrogen) atoms. The summed E-state index contributed by atoms with van der Waals surface area (Å²) < 4.78 is 0. The van der Waals surface area contributed by atoms with Gasteiger partial charge in [-0.05, 0) is 69.2 Å². The number of amides is 2. The average Bonchev–Trinajstić information content (AvgIpc) is 2.58. The van der Waals surface area contributed by atoms with Crippen molar-refractivity contribution in [3.8, 4) is 0 Å². The summed E-state index contributed by atoms with van der Waals surface area (Å²) in [4.78, 5) is 26.5. The van der Waals surface area contributed by atoms with Crippen LogP contribution in [-0.4, -0.2) is 24.9 Å². The predicted molar refractivity (Wildman–Crippen MR) is 108 cm³/mol. The maximum Gasteiger partial charge on any atom is 0.233 e. The predicted octanol–water partition coefficient (Wildman–Crippen LogP) is 4.12. The average molecular weight is 353 g/mol. The molecule has 0 aliphatic heterocycles. The van der Waals surface area contributed by atoms with Crippen LogP contribution in [0.25, 0.3) is 0 Å². The summed E-state index contributed by atoms with van der Waals surface area (Å²) in [7, 11) is 0. The molecule has 0 fully saturated rings. The summed E-state index contributed by atoms with van der Waals surface area (Å²) in [5, 5.41) is 5.57. The molecule has 0 bridgehead atoms. The molecule has 5 nitrogen and oxygen atoms in total. The van der Waals surface area contributed by atoms with Gasteiger partial charge in [0.25, 0.3) is 0 Å². The fraction of sp³-hybridized carbons (Fsp3) is 0.333. The Morgan fingerprint density at radius 2 is 1.62 bits per heavy atom. The first-order chi connectivity index (χ1) is 12.4. The lowest BCUT2D eigenvalue weighted by molar-refractivity contribution is -0.123. The number of carbonyl (C=O) groups excluding carboxylic acids is 2. The lowest BCUT2D eigenvalue weighted by atomic mass is 10.1. The highest BCUT2D eigenvalue weighted by Crippen LogP contribution is 2.22. The molecule has 0 aliphatic rings. The van der Waals surface area contributed by atoms with Crippen molar-refractivity contribution in [3.05, 3.63) is 53.6 Å². The first kappa shape index (κ1) is 19.5. The largest absolute Gasteiger partial charge is 0.372 e. The smallest absolute Gasteiger partial charge is 0.233 e. The van der Waals surface area contributed by atoms with Gasteiger partial charge in [-0.25, -0.2) is 0 Å². The Hall–Kier alpha value is -2.82. The second-order valence-electron chi connectivity index (χ2n) is 6.31. The zero-order valence-corrected chi connectivity index (χ0v) is 15.9. The third kappa shape index (κ3) is 5.34. The summed E-state index contributed by atoms with van der Waals surface area (Å²) >= 11 is 0. The van der Waals surface area contributed by atoms with Gasteiger partial charge in [-0.15, -0.1) is 0 Å². The molecule has 5 heteroatoms. The molecule has 2 N–H and O–H groups in total. The van der Waals surface area contributed by atoms with Crippen LogP contribution in [-0.2, 0) is 9.59 Å². The SMILES string of the molecule is CCN(CC)c1ccc(NC(=O)CC(=O)Nc2cccc(C)c2)c(C)c1. The lowest BCUT2D eigenvalue weighted by Crippen LogP contribution is -2.23. The Balaban J connectivity index is 1.95. The summed E-state index contributed by atoms with van der Waals surface area (Å²) in [6.45, 7) is 9.99. The van der Waals surface area contributed by atoms with E-state index in [2.05, 4.69) is 35.4 Å². The Kier molecular flexibility index (Phi) is 6.78. The van der Waals surface area contributed by atoms with Crippen LogP contribution in [0.3, 0.4) is 0 Å². The fourth-order valence-corrected chi connectivity index (χ4v) is 2.84. The monoisotopic (exact) mass is 353 g/mol. The molecule has 0 atom stereocenters. The first-order valence-electron chi connectivity index (χ1n) is 8.95. The van der Waals surface area contributed by atoms with Crippen molar-refractivity contribution >= 4 is 28.9 Å². The fourth-order valence-electron chi connectivity index (χ4n) is 2.84. The van der Waals surface area contributed by atoms with E-state index in [1.807, 2.05) is 44.2 Å². The van der Waals surface area contributed by atoms with Gasteiger partial charge in [-0.3, -0.25) is 9.59 Å². The van der Waals surface area contributed by atoms with Crippen molar-refractivity contribution in [2.75, 3.05) is 28.6 Å². The minimum atomic E-state index is -0.328. The first-order valence-corrected chi connectivity index (χ1v) is 8.95. The molecular formula is C21H27N3O2. The van der Waals surface area contributed by atoms with Crippen LogP contribution in [0.5, 0.6) is 0 Å². The number of aryl methyl sites for hydroxylation is 2. The number of hydrogen-bond donors (Lipinski definition) is 2. The van der Waals surface area contributed by atoms with Gasteiger partial charge in [0.05, 0.1) is 0 Å². The normalized spacial score (nSPS) is 10.3. The maximum absolute atomic E-state index is 12.2. The van der Waals surface area contributed by atoms with Gasteiger partial charge in [0.15, 0.2) is 0 Å². The zero-order chi connectivity index (χ0) is 19.1. The van der Waals surface area contributed by atoms with Crippen molar-refractivity contribution in [3.63, 3.8) is 0 Å². The Morgan fingerprint density at radius 3 is 2.23 bits per heavy atom. The van der Waals surface area contributed by atoms with E-state index in [1.165, 1.54) is 0 Å². The highest BCUT2D eigenvalue weighted by molar-refractivity contribution is 6.08. The molecule has 0 radical (unpaired) electrons. The van der Waals surface area contributed by atoms with Crippen LogP contribution >= 0.6 is 0 Å². The minimum Gasteiger partial charge on any atom is -0.372 e. The van der Waals surface area contributed by atoms with Gasteiger partial charge >= 0.3 is 0 Å². The number of carbonyl (C=O) groups is 2. The van der Waals surface area contributed by atoms with E-state index in [0.717, 1.165) is 35.6 Å². The van der Waals surface area contributed by atoms with E-state index in [0.29, 0.717) is 5.69 Å². The molecule has 2 rings (SSSR count). The minimum absolute atomic E-state index is 0.217.